The molecule has 2 aromatic carbocycles. The second-order valence-electron chi connectivity index (χ2n) is 8.72. The van der Waals surface area contributed by atoms with Crippen molar-refractivity contribution in [1.82, 2.24) is 19.4 Å². The Morgan fingerprint density at radius 3 is 2.62 bits per heavy atom. The van der Waals surface area contributed by atoms with Crippen LogP contribution < -0.4 is 4.74 Å². The molecule has 174 valence electrons. The molecule has 7 nitrogen and oxygen atoms in total. The number of aromatic nitrogens is 2. The molecule has 0 bridgehead atoms. The average Bonchev–Trinajstić information content (AvgIpc) is 3.39. The number of halogens is 1. The number of imidazole rings is 1. The van der Waals surface area contributed by atoms with E-state index in [1.165, 1.54) is 12.1 Å². The largest absolute Gasteiger partial charge is 0.495 e. The number of carbonyl (C=O) groups is 1. The zero-order chi connectivity index (χ0) is 23.9. The summed E-state index contributed by atoms with van der Waals surface area (Å²) < 4.78 is 21.1. The molecular weight excluding hydrogens is 433 g/mol. The first kappa shape index (κ1) is 22.0. The minimum Gasteiger partial charge on any atom is -0.495 e. The number of rotatable bonds is 5. The maximum absolute atomic E-state index is 13.6. The molecule has 2 aliphatic heterocycles. The predicted octanol–water partition coefficient (Wildman–Crippen LogP) is 3.42. The second-order valence-corrected chi connectivity index (χ2v) is 8.72. The van der Waals surface area contributed by atoms with E-state index in [0.29, 0.717) is 24.7 Å². The van der Waals surface area contributed by atoms with Crippen LogP contribution in [0.3, 0.4) is 0 Å². The van der Waals surface area contributed by atoms with E-state index in [2.05, 4.69) is 14.9 Å². The molecule has 0 aliphatic carbocycles. The molecule has 3 heterocycles. The quantitative estimate of drug-likeness (QED) is 0.585. The van der Waals surface area contributed by atoms with Crippen LogP contribution in [0.4, 0.5) is 4.39 Å². The maximum Gasteiger partial charge on any atom is 0.279 e. The predicted molar refractivity (Wildman–Crippen MR) is 129 cm³/mol. The molecule has 2 aliphatic rings. The molecular formula is C26H26FN5O2. The highest BCUT2D eigenvalue weighted by Crippen LogP contribution is 2.38. The van der Waals surface area contributed by atoms with Crippen molar-refractivity contribution in [3.63, 3.8) is 0 Å². The molecule has 8 heteroatoms. The first-order valence-corrected chi connectivity index (χ1v) is 11.1. The van der Waals surface area contributed by atoms with Crippen LogP contribution in [0.2, 0.25) is 0 Å². The summed E-state index contributed by atoms with van der Waals surface area (Å²) in [5.41, 5.74) is 2.54. The number of ether oxygens (including phenoxy) is 1. The normalized spacial score (nSPS) is 20.6. The van der Waals surface area contributed by atoms with Crippen molar-refractivity contribution in [2.24, 2.45) is 4.99 Å². The van der Waals surface area contributed by atoms with E-state index in [9.17, 15) is 9.18 Å². The highest BCUT2D eigenvalue weighted by atomic mass is 19.1. The van der Waals surface area contributed by atoms with Gasteiger partial charge in [0.2, 0.25) is 0 Å². The summed E-state index contributed by atoms with van der Waals surface area (Å²) in [5.74, 6) is 0.763. The van der Waals surface area contributed by atoms with Gasteiger partial charge in [-0.1, -0.05) is 24.3 Å². The van der Waals surface area contributed by atoms with E-state index in [1.54, 1.807) is 25.6 Å². The number of carbonyl (C=O) groups excluding carboxylic acids is 1. The Balaban J connectivity index is 1.46. The van der Waals surface area contributed by atoms with Gasteiger partial charge >= 0.3 is 0 Å². The van der Waals surface area contributed by atoms with Crippen molar-refractivity contribution in [3.8, 4) is 11.4 Å². The summed E-state index contributed by atoms with van der Waals surface area (Å²) in [6.45, 7) is 3.88. The van der Waals surface area contributed by atoms with Crippen molar-refractivity contribution in [1.29, 1.82) is 0 Å². The number of hydrogen-bond acceptors (Lipinski definition) is 5. The number of fused-ring (bicyclic) bond motifs is 1. The van der Waals surface area contributed by atoms with E-state index in [4.69, 9.17) is 4.74 Å². The molecule has 1 fully saturated rings. The standard InChI is InChI=1S/C26H26FN5O2/c1-18-15-31(17-28-18)22-10-4-19(14-23(22)34-3)5-11-24-29-25(33)26(16-30(2)12-13-32(24)26)20-6-8-21(27)9-7-20/h4-11,14-15,17H,12-13,16H2,1-3H3/b11-5+. The van der Waals surface area contributed by atoms with Gasteiger partial charge in [0, 0.05) is 25.8 Å². The third-order valence-corrected chi connectivity index (χ3v) is 6.45. The highest BCUT2D eigenvalue weighted by Gasteiger charge is 2.53. The molecule has 3 aromatic rings. The molecule has 0 saturated carbocycles. The van der Waals surface area contributed by atoms with Crippen LogP contribution in [-0.4, -0.2) is 64.9 Å². The minimum atomic E-state index is -0.943. The van der Waals surface area contributed by atoms with Gasteiger partial charge in [-0.3, -0.25) is 4.79 Å². The van der Waals surface area contributed by atoms with Gasteiger partial charge in [-0.15, -0.1) is 0 Å². The number of methoxy groups -OCH3 is 1. The zero-order valence-electron chi connectivity index (χ0n) is 19.4. The number of aryl methyl sites for hydroxylation is 1. The maximum atomic E-state index is 13.6. The molecule has 1 unspecified atom stereocenters. The zero-order valence-corrected chi connectivity index (χ0v) is 19.4. The average molecular weight is 460 g/mol. The Labute approximate surface area is 197 Å². The van der Waals surface area contributed by atoms with Crippen LogP contribution in [0.25, 0.3) is 11.8 Å². The van der Waals surface area contributed by atoms with Gasteiger partial charge in [0.05, 0.1) is 24.8 Å². The Hall–Kier alpha value is -3.78. The summed E-state index contributed by atoms with van der Waals surface area (Å²) in [4.78, 5) is 26.1. The number of aliphatic imine (C=N–C) groups is 1. The molecule has 1 aromatic heterocycles. The van der Waals surface area contributed by atoms with E-state index in [0.717, 1.165) is 29.1 Å². The first-order valence-electron chi connectivity index (χ1n) is 11.1. The highest BCUT2D eigenvalue weighted by molar-refractivity contribution is 6.12. The van der Waals surface area contributed by atoms with Crippen LogP contribution in [0.5, 0.6) is 5.75 Å². The van der Waals surface area contributed by atoms with Crippen LogP contribution in [-0.2, 0) is 10.3 Å². The lowest BCUT2D eigenvalue weighted by Crippen LogP contribution is -2.60. The minimum absolute atomic E-state index is 0.228. The van der Waals surface area contributed by atoms with Crippen LogP contribution >= 0.6 is 0 Å². The van der Waals surface area contributed by atoms with Gasteiger partial charge in [0.1, 0.15) is 17.4 Å². The number of nitrogens with zero attached hydrogens (tertiary/aromatic N) is 5. The van der Waals surface area contributed by atoms with Crippen molar-refractivity contribution in [2.45, 2.75) is 12.5 Å². The van der Waals surface area contributed by atoms with Gasteiger partial charge in [0.25, 0.3) is 5.91 Å². The van der Waals surface area contributed by atoms with E-state index in [-0.39, 0.29) is 11.7 Å². The third kappa shape index (κ3) is 3.70. The third-order valence-electron chi connectivity index (χ3n) is 6.45. The van der Waals surface area contributed by atoms with Crippen molar-refractivity contribution >= 4 is 17.8 Å². The summed E-state index contributed by atoms with van der Waals surface area (Å²) in [6, 6.07) is 12.1. The van der Waals surface area contributed by atoms with Crippen LogP contribution in [0, 0.1) is 12.7 Å². The van der Waals surface area contributed by atoms with Gasteiger partial charge < -0.3 is 19.1 Å². The molecule has 1 amide bonds. The SMILES string of the molecule is COc1cc(/C=C/C2=NC(=O)C3(c4ccc(F)cc4)CN(C)CCN23)ccc1-n1cnc(C)c1. The Bertz CT molecular complexity index is 1300. The number of amides is 1. The molecule has 1 atom stereocenters. The Kier molecular flexibility index (Phi) is 5.53. The fourth-order valence-electron chi connectivity index (χ4n) is 4.73. The summed E-state index contributed by atoms with van der Waals surface area (Å²) >= 11 is 0. The van der Waals surface area contributed by atoms with E-state index >= 15 is 0 Å². The fourth-order valence-corrected chi connectivity index (χ4v) is 4.73. The molecule has 5 rings (SSSR count). The topological polar surface area (TPSA) is 63.0 Å². The van der Waals surface area contributed by atoms with Gasteiger partial charge in [-0.2, -0.15) is 4.99 Å². The Morgan fingerprint density at radius 2 is 1.91 bits per heavy atom. The van der Waals surface area contributed by atoms with E-state index < -0.39 is 5.54 Å². The van der Waals surface area contributed by atoms with Crippen molar-refractivity contribution in [2.75, 3.05) is 33.8 Å². The molecule has 1 saturated heterocycles. The Morgan fingerprint density at radius 1 is 1.12 bits per heavy atom. The summed E-state index contributed by atoms with van der Waals surface area (Å²) in [7, 11) is 3.62. The smallest absolute Gasteiger partial charge is 0.279 e. The second kappa shape index (κ2) is 8.53. The number of hydrogen-bond donors (Lipinski definition) is 0. The van der Waals surface area contributed by atoms with Crippen LogP contribution in [0.15, 0.2) is 66.1 Å². The molecule has 0 radical (unpaired) electrons. The monoisotopic (exact) mass is 459 g/mol. The van der Waals surface area contributed by atoms with Crippen LogP contribution in [0.1, 0.15) is 16.8 Å². The number of amidine groups is 1. The molecule has 34 heavy (non-hydrogen) atoms. The number of benzene rings is 2. The first-order chi connectivity index (χ1) is 16.4. The van der Waals surface area contributed by atoms with E-state index in [1.807, 2.05) is 60.0 Å². The lowest BCUT2D eigenvalue weighted by Gasteiger charge is -2.45. The van der Waals surface area contributed by atoms with Crippen molar-refractivity contribution in [3.05, 3.63) is 83.7 Å². The van der Waals surface area contributed by atoms with Gasteiger partial charge in [-0.25, -0.2) is 9.37 Å². The molecule has 0 spiro atoms. The van der Waals surface area contributed by atoms with Gasteiger partial charge in [-0.05, 0) is 55.4 Å². The summed E-state index contributed by atoms with van der Waals surface area (Å²) in [6.07, 6.45) is 7.49. The number of likely N-dealkylation sites (N-methyl/N-ethyl adjacent to an activating group) is 1. The lowest BCUT2D eigenvalue weighted by atomic mass is 9.85. The summed E-state index contributed by atoms with van der Waals surface area (Å²) in [5, 5.41) is 0. The molecule has 0 N–H and O–H groups in total. The van der Waals surface area contributed by atoms with Gasteiger partial charge in [0.15, 0.2) is 5.54 Å². The van der Waals surface area contributed by atoms with Crippen molar-refractivity contribution < 1.29 is 13.9 Å². The number of piperazine rings is 1. The fraction of sp³-hybridized carbons (Fsp3) is 0.269. The lowest BCUT2D eigenvalue weighted by molar-refractivity contribution is -0.128.